The van der Waals surface area contributed by atoms with Gasteiger partial charge in [0.15, 0.2) is 0 Å². The minimum absolute atomic E-state index is 0.0775. The van der Waals surface area contributed by atoms with Crippen molar-refractivity contribution in [3.63, 3.8) is 0 Å². The smallest absolute Gasteiger partial charge is 0.225 e. The molecule has 0 atom stereocenters. The third-order valence-electron chi connectivity index (χ3n) is 5.41. The molecule has 1 saturated heterocycles. The molecule has 0 N–H and O–H groups in total. The zero-order chi connectivity index (χ0) is 21.0. The van der Waals surface area contributed by atoms with E-state index in [0.717, 1.165) is 5.56 Å². The van der Waals surface area contributed by atoms with Gasteiger partial charge in [0, 0.05) is 37.6 Å². The van der Waals surface area contributed by atoms with Crippen molar-refractivity contribution in [1.29, 1.82) is 0 Å². The van der Waals surface area contributed by atoms with Gasteiger partial charge in [-0.3, -0.25) is 4.79 Å². The molecule has 156 valence electrons. The average Bonchev–Trinajstić information content (AvgIpc) is 2.71. The van der Waals surface area contributed by atoms with Crippen molar-refractivity contribution in [2.45, 2.75) is 32.1 Å². The van der Waals surface area contributed by atoms with Crippen LogP contribution in [0.25, 0.3) is 0 Å². The maximum absolute atomic E-state index is 12.8. The van der Waals surface area contributed by atoms with Gasteiger partial charge < -0.3 is 4.90 Å². The van der Waals surface area contributed by atoms with E-state index in [-0.39, 0.29) is 17.6 Å². The number of hydrogen-bond acceptors (Lipinski definition) is 3. The number of rotatable bonds is 6. The highest BCUT2D eigenvalue weighted by Crippen LogP contribution is 2.25. The Morgan fingerprint density at radius 1 is 1.10 bits per heavy atom. The normalized spacial score (nSPS) is 16.0. The molecule has 7 heteroatoms. The van der Waals surface area contributed by atoms with Crippen LogP contribution < -0.4 is 0 Å². The summed E-state index contributed by atoms with van der Waals surface area (Å²) in [5.41, 5.74) is 2.88. The molecule has 1 amide bonds. The Kier molecular flexibility index (Phi) is 6.98. The molecule has 0 unspecified atom stereocenters. The lowest BCUT2D eigenvalue weighted by molar-refractivity contribution is -0.135. The van der Waals surface area contributed by atoms with Crippen LogP contribution in [0.3, 0.4) is 0 Å². The lowest BCUT2D eigenvalue weighted by Gasteiger charge is -2.32. The fourth-order valence-corrected chi connectivity index (χ4v) is 5.52. The van der Waals surface area contributed by atoms with Gasteiger partial charge in [-0.25, -0.2) is 12.7 Å². The number of aryl methyl sites for hydroxylation is 1. The highest BCUT2D eigenvalue weighted by Gasteiger charge is 2.32. The number of hydrogen-bond donors (Lipinski definition) is 0. The average molecular weight is 435 g/mol. The Morgan fingerprint density at radius 3 is 2.34 bits per heavy atom. The molecule has 0 aliphatic carbocycles. The van der Waals surface area contributed by atoms with Crippen LogP contribution in [0, 0.1) is 12.8 Å². The van der Waals surface area contributed by atoms with Crippen LogP contribution >= 0.6 is 11.6 Å². The van der Waals surface area contributed by atoms with E-state index < -0.39 is 10.0 Å². The SMILES string of the molecule is Cc1ccc(CN(C)C(=O)C2CCN(S(=O)(=O)Cc3ccccc3Cl)CC2)cc1. The van der Waals surface area contributed by atoms with E-state index >= 15 is 0 Å². The van der Waals surface area contributed by atoms with Gasteiger partial charge in [0.25, 0.3) is 0 Å². The Balaban J connectivity index is 1.55. The van der Waals surface area contributed by atoms with Crippen molar-refractivity contribution in [2.75, 3.05) is 20.1 Å². The number of carbonyl (C=O) groups excluding carboxylic acids is 1. The van der Waals surface area contributed by atoms with Crippen molar-refractivity contribution >= 4 is 27.5 Å². The molecule has 1 fully saturated rings. The second-order valence-corrected chi connectivity index (χ2v) is 10.1. The Hall–Kier alpha value is -1.89. The summed E-state index contributed by atoms with van der Waals surface area (Å²) < 4.78 is 27.0. The summed E-state index contributed by atoms with van der Waals surface area (Å²) in [5, 5.41) is 0.457. The fraction of sp³-hybridized carbons (Fsp3) is 0.409. The first-order valence-electron chi connectivity index (χ1n) is 9.78. The zero-order valence-electron chi connectivity index (χ0n) is 16.8. The van der Waals surface area contributed by atoms with Crippen LogP contribution in [0.4, 0.5) is 0 Å². The summed E-state index contributed by atoms with van der Waals surface area (Å²) in [6.45, 7) is 3.32. The van der Waals surface area contributed by atoms with E-state index in [1.807, 2.05) is 38.2 Å². The topological polar surface area (TPSA) is 57.7 Å². The number of sulfonamides is 1. The summed E-state index contributed by atoms with van der Waals surface area (Å²) in [5.74, 6) is -0.176. The molecule has 0 aromatic heterocycles. The molecule has 0 saturated carbocycles. The molecule has 5 nitrogen and oxygen atoms in total. The van der Waals surface area contributed by atoms with Crippen molar-refractivity contribution in [3.8, 4) is 0 Å². The Morgan fingerprint density at radius 2 is 1.72 bits per heavy atom. The lowest BCUT2D eigenvalue weighted by atomic mass is 9.96. The highest BCUT2D eigenvalue weighted by molar-refractivity contribution is 7.88. The van der Waals surface area contributed by atoms with Crippen molar-refractivity contribution < 1.29 is 13.2 Å². The van der Waals surface area contributed by atoms with E-state index in [1.54, 1.807) is 29.2 Å². The molecular weight excluding hydrogens is 408 g/mol. The number of nitrogens with zero attached hydrogens (tertiary/aromatic N) is 2. The zero-order valence-corrected chi connectivity index (χ0v) is 18.4. The first-order chi connectivity index (χ1) is 13.8. The van der Waals surface area contributed by atoms with Crippen LogP contribution in [-0.4, -0.2) is 43.7 Å². The van der Waals surface area contributed by atoms with Crippen LogP contribution in [0.5, 0.6) is 0 Å². The second-order valence-electron chi connectivity index (χ2n) is 7.70. The molecule has 2 aromatic carbocycles. The van der Waals surface area contributed by atoms with Crippen LogP contribution in [0.15, 0.2) is 48.5 Å². The Labute approximate surface area is 178 Å². The van der Waals surface area contributed by atoms with Crippen molar-refractivity contribution in [3.05, 3.63) is 70.2 Å². The molecule has 1 aliphatic heterocycles. The minimum atomic E-state index is -3.46. The molecule has 2 aromatic rings. The fourth-order valence-electron chi connectivity index (χ4n) is 3.64. The predicted molar refractivity (Wildman–Crippen MR) is 116 cm³/mol. The van der Waals surface area contributed by atoms with Gasteiger partial charge in [0.2, 0.25) is 15.9 Å². The first-order valence-corrected chi connectivity index (χ1v) is 11.8. The quantitative estimate of drug-likeness (QED) is 0.693. The summed E-state index contributed by atoms with van der Waals surface area (Å²) in [6.07, 6.45) is 1.08. The lowest BCUT2D eigenvalue weighted by Crippen LogP contribution is -2.43. The molecule has 0 bridgehead atoms. The monoisotopic (exact) mass is 434 g/mol. The van der Waals surface area contributed by atoms with Gasteiger partial charge >= 0.3 is 0 Å². The van der Waals surface area contributed by atoms with E-state index in [2.05, 4.69) is 0 Å². The number of amides is 1. The summed E-state index contributed by atoms with van der Waals surface area (Å²) in [4.78, 5) is 14.5. The van der Waals surface area contributed by atoms with Gasteiger partial charge in [-0.2, -0.15) is 0 Å². The van der Waals surface area contributed by atoms with Crippen LogP contribution in [0.2, 0.25) is 5.02 Å². The number of benzene rings is 2. The predicted octanol–water partition coefficient (Wildman–Crippen LogP) is 3.85. The van der Waals surface area contributed by atoms with Crippen molar-refractivity contribution in [2.24, 2.45) is 5.92 Å². The summed E-state index contributed by atoms with van der Waals surface area (Å²) in [6, 6.07) is 15.1. The number of piperidine rings is 1. The third-order valence-corrected chi connectivity index (χ3v) is 7.61. The third kappa shape index (κ3) is 5.59. The van der Waals surface area contributed by atoms with Crippen LogP contribution in [0.1, 0.15) is 29.5 Å². The molecule has 29 heavy (non-hydrogen) atoms. The highest BCUT2D eigenvalue weighted by atomic mass is 35.5. The van der Waals surface area contributed by atoms with E-state index in [0.29, 0.717) is 43.1 Å². The number of halogens is 1. The first kappa shape index (κ1) is 21.8. The van der Waals surface area contributed by atoms with Gasteiger partial charge in [-0.15, -0.1) is 0 Å². The molecule has 1 heterocycles. The molecule has 0 radical (unpaired) electrons. The van der Waals surface area contributed by atoms with E-state index in [9.17, 15) is 13.2 Å². The molecular formula is C22H27ClN2O3S. The summed E-state index contributed by atoms with van der Waals surface area (Å²) in [7, 11) is -1.65. The second kappa shape index (κ2) is 9.28. The van der Waals surface area contributed by atoms with E-state index in [4.69, 9.17) is 11.6 Å². The van der Waals surface area contributed by atoms with Crippen LogP contribution in [-0.2, 0) is 27.1 Å². The van der Waals surface area contributed by atoms with Crippen molar-refractivity contribution in [1.82, 2.24) is 9.21 Å². The minimum Gasteiger partial charge on any atom is -0.341 e. The maximum Gasteiger partial charge on any atom is 0.225 e. The Bertz CT molecular complexity index is 952. The van der Waals surface area contributed by atoms with Gasteiger partial charge in [0.05, 0.1) is 5.75 Å². The number of carbonyl (C=O) groups is 1. The largest absolute Gasteiger partial charge is 0.341 e. The molecule has 3 rings (SSSR count). The molecule has 1 aliphatic rings. The van der Waals surface area contributed by atoms with Gasteiger partial charge in [0.1, 0.15) is 0 Å². The standard InChI is InChI=1S/C22H27ClN2O3S/c1-17-7-9-18(10-8-17)15-24(2)22(26)19-11-13-25(14-12-19)29(27,28)16-20-5-3-4-6-21(20)23/h3-10,19H,11-16H2,1-2H3. The summed E-state index contributed by atoms with van der Waals surface area (Å²) >= 11 is 6.11. The van der Waals surface area contributed by atoms with E-state index in [1.165, 1.54) is 9.87 Å². The van der Waals surface area contributed by atoms with Gasteiger partial charge in [-0.05, 0) is 37.0 Å². The molecule has 0 spiro atoms. The van der Waals surface area contributed by atoms with Gasteiger partial charge in [-0.1, -0.05) is 59.6 Å². The maximum atomic E-state index is 12.8.